The molecule has 0 amide bonds. The number of likely N-dealkylation sites (N-methyl/N-ethyl adjacent to an activating group) is 1. The third-order valence-electron chi connectivity index (χ3n) is 3.82. The van der Waals surface area contributed by atoms with E-state index in [1.54, 1.807) is 6.07 Å². The average Bonchev–Trinajstić information content (AvgIpc) is 2.48. The van der Waals surface area contributed by atoms with Crippen molar-refractivity contribution in [3.63, 3.8) is 0 Å². The van der Waals surface area contributed by atoms with E-state index in [1.807, 2.05) is 12.1 Å². The normalized spacial score (nSPS) is 12.6. The number of halogens is 1. The number of nitrogens with one attached hydrogen (secondary N) is 1. The molecule has 0 fully saturated rings. The maximum absolute atomic E-state index is 14.0. The van der Waals surface area contributed by atoms with Gasteiger partial charge in [0, 0.05) is 11.6 Å². The summed E-state index contributed by atoms with van der Waals surface area (Å²) in [6, 6.07) is 15.7. The van der Waals surface area contributed by atoms with Crippen LogP contribution in [0.25, 0.3) is 0 Å². The number of hydrogen-bond acceptors (Lipinski definition) is 1. The summed E-state index contributed by atoms with van der Waals surface area (Å²) in [6.07, 6.45) is 0.799. The predicted molar refractivity (Wildman–Crippen MR) is 87.1 cm³/mol. The molecule has 0 aliphatic heterocycles. The van der Waals surface area contributed by atoms with Crippen molar-refractivity contribution >= 4 is 0 Å². The molecule has 2 rings (SSSR count). The second-order valence-electron chi connectivity index (χ2n) is 5.73. The van der Waals surface area contributed by atoms with E-state index >= 15 is 0 Å². The molecule has 1 nitrogen and oxygen atoms in total. The standard InChI is InChI=1S/C19H24FN/c1-4-21-19(17-7-5-6-8-18(17)20)13-15-9-11-16(12-10-15)14(2)3/h5-12,14,19,21H,4,13H2,1-3H3. The molecular weight excluding hydrogens is 261 g/mol. The third-order valence-corrected chi connectivity index (χ3v) is 3.82. The minimum atomic E-state index is -0.137. The third kappa shape index (κ3) is 4.15. The summed E-state index contributed by atoms with van der Waals surface area (Å²) in [5.74, 6) is 0.400. The Labute approximate surface area is 127 Å². The lowest BCUT2D eigenvalue weighted by atomic mass is 9.96. The molecule has 2 aromatic carbocycles. The molecule has 1 unspecified atom stereocenters. The topological polar surface area (TPSA) is 12.0 Å². The second-order valence-corrected chi connectivity index (χ2v) is 5.73. The molecule has 0 spiro atoms. The van der Waals surface area contributed by atoms with Crippen LogP contribution in [0.15, 0.2) is 48.5 Å². The Morgan fingerprint density at radius 2 is 1.67 bits per heavy atom. The highest BCUT2D eigenvalue weighted by Gasteiger charge is 2.15. The van der Waals surface area contributed by atoms with Crippen LogP contribution in [0.2, 0.25) is 0 Å². The maximum atomic E-state index is 14.0. The van der Waals surface area contributed by atoms with Crippen molar-refractivity contribution in [2.24, 2.45) is 0 Å². The number of benzene rings is 2. The highest BCUT2D eigenvalue weighted by atomic mass is 19.1. The van der Waals surface area contributed by atoms with Gasteiger partial charge in [0.1, 0.15) is 5.82 Å². The van der Waals surface area contributed by atoms with E-state index in [0.29, 0.717) is 5.92 Å². The van der Waals surface area contributed by atoms with E-state index < -0.39 is 0 Å². The van der Waals surface area contributed by atoms with Gasteiger partial charge in [-0.3, -0.25) is 0 Å². The average molecular weight is 285 g/mol. The predicted octanol–water partition coefficient (Wildman–Crippen LogP) is 4.84. The van der Waals surface area contributed by atoms with Crippen molar-refractivity contribution in [3.8, 4) is 0 Å². The molecule has 0 aliphatic carbocycles. The summed E-state index contributed by atoms with van der Waals surface area (Å²) >= 11 is 0. The fourth-order valence-corrected chi connectivity index (χ4v) is 2.57. The van der Waals surface area contributed by atoms with Gasteiger partial charge in [-0.2, -0.15) is 0 Å². The molecule has 2 aromatic rings. The minimum absolute atomic E-state index is 0.0149. The zero-order valence-electron chi connectivity index (χ0n) is 13.1. The quantitative estimate of drug-likeness (QED) is 0.800. The summed E-state index contributed by atoms with van der Waals surface area (Å²) in [7, 11) is 0. The first-order chi connectivity index (χ1) is 10.1. The summed E-state index contributed by atoms with van der Waals surface area (Å²) in [4.78, 5) is 0. The molecule has 0 aromatic heterocycles. The lowest BCUT2D eigenvalue weighted by molar-refractivity contribution is 0.510. The smallest absolute Gasteiger partial charge is 0.127 e. The second kappa shape index (κ2) is 7.37. The van der Waals surface area contributed by atoms with Crippen LogP contribution in [0, 0.1) is 5.82 Å². The summed E-state index contributed by atoms with van der Waals surface area (Å²) in [5.41, 5.74) is 3.31. The Morgan fingerprint density at radius 3 is 2.24 bits per heavy atom. The zero-order chi connectivity index (χ0) is 15.2. The zero-order valence-corrected chi connectivity index (χ0v) is 13.1. The number of rotatable bonds is 6. The van der Waals surface area contributed by atoms with Gasteiger partial charge in [0.15, 0.2) is 0 Å². The Kier molecular flexibility index (Phi) is 5.51. The van der Waals surface area contributed by atoms with Crippen LogP contribution in [0.4, 0.5) is 4.39 Å². The first-order valence-electron chi connectivity index (χ1n) is 7.68. The van der Waals surface area contributed by atoms with E-state index in [2.05, 4.69) is 50.4 Å². The van der Waals surface area contributed by atoms with Crippen LogP contribution in [0.3, 0.4) is 0 Å². The van der Waals surface area contributed by atoms with Gasteiger partial charge < -0.3 is 5.32 Å². The van der Waals surface area contributed by atoms with Crippen molar-refractivity contribution in [3.05, 3.63) is 71.0 Å². The molecule has 0 aliphatic rings. The van der Waals surface area contributed by atoms with Gasteiger partial charge in [0.25, 0.3) is 0 Å². The first-order valence-corrected chi connectivity index (χ1v) is 7.68. The molecule has 112 valence electrons. The lowest BCUT2D eigenvalue weighted by Crippen LogP contribution is -2.23. The van der Waals surface area contributed by atoms with Crippen LogP contribution in [-0.4, -0.2) is 6.54 Å². The van der Waals surface area contributed by atoms with Crippen molar-refractivity contribution < 1.29 is 4.39 Å². The Bertz CT molecular complexity index is 560. The summed E-state index contributed by atoms with van der Waals surface area (Å²) < 4.78 is 14.0. The van der Waals surface area contributed by atoms with Crippen molar-refractivity contribution in [2.45, 2.75) is 39.2 Å². The van der Waals surface area contributed by atoms with Gasteiger partial charge in [-0.15, -0.1) is 0 Å². The summed E-state index contributed by atoms with van der Waals surface area (Å²) in [6.45, 7) is 7.25. The van der Waals surface area contributed by atoms with Gasteiger partial charge >= 0.3 is 0 Å². The van der Waals surface area contributed by atoms with Crippen molar-refractivity contribution in [2.75, 3.05) is 6.54 Å². The van der Waals surface area contributed by atoms with Gasteiger partial charge in [-0.1, -0.05) is 63.2 Å². The Balaban J connectivity index is 2.18. The SMILES string of the molecule is CCNC(Cc1ccc(C(C)C)cc1)c1ccccc1F. The Morgan fingerprint density at radius 1 is 1.00 bits per heavy atom. The highest BCUT2D eigenvalue weighted by Crippen LogP contribution is 2.22. The fraction of sp³-hybridized carbons (Fsp3) is 0.368. The van der Waals surface area contributed by atoms with Crippen molar-refractivity contribution in [1.29, 1.82) is 0 Å². The number of hydrogen-bond donors (Lipinski definition) is 1. The fourth-order valence-electron chi connectivity index (χ4n) is 2.57. The van der Waals surface area contributed by atoms with Gasteiger partial charge in [-0.25, -0.2) is 4.39 Å². The minimum Gasteiger partial charge on any atom is -0.310 e. The molecule has 2 heteroatoms. The molecule has 0 heterocycles. The molecule has 1 N–H and O–H groups in total. The molecule has 0 saturated heterocycles. The van der Waals surface area contributed by atoms with Crippen LogP contribution in [0.5, 0.6) is 0 Å². The molecular formula is C19H24FN. The largest absolute Gasteiger partial charge is 0.310 e. The highest BCUT2D eigenvalue weighted by molar-refractivity contribution is 5.28. The van der Waals surface area contributed by atoms with Crippen LogP contribution >= 0.6 is 0 Å². The van der Waals surface area contributed by atoms with E-state index in [-0.39, 0.29) is 11.9 Å². The van der Waals surface area contributed by atoms with Crippen LogP contribution in [-0.2, 0) is 6.42 Å². The molecule has 0 bridgehead atoms. The van der Waals surface area contributed by atoms with Crippen LogP contribution < -0.4 is 5.32 Å². The molecule has 0 radical (unpaired) electrons. The van der Waals surface area contributed by atoms with Crippen molar-refractivity contribution in [1.82, 2.24) is 5.32 Å². The summed E-state index contributed by atoms with van der Waals surface area (Å²) in [5, 5.41) is 3.39. The Hall–Kier alpha value is -1.67. The van der Waals surface area contributed by atoms with E-state index in [9.17, 15) is 4.39 Å². The molecule has 21 heavy (non-hydrogen) atoms. The molecule has 1 atom stereocenters. The van der Waals surface area contributed by atoms with E-state index in [4.69, 9.17) is 0 Å². The lowest BCUT2D eigenvalue weighted by Gasteiger charge is -2.19. The van der Waals surface area contributed by atoms with Gasteiger partial charge in [0.2, 0.25) is 0 Å². The van der Waals surface area contributed by atoms with E-state index in [0.717, 1.165) is 18.5 Å². The molecule has 0 saturated carbocycles. The van der Waals surface area contributed by atoms with Gasteiger partial charge in [-0.05, 0) is 36.1 Å². The van der Waals surface area contributed by atoms with Gasteiger partial charge in [0.05, 0.1) is 0 Å². The monoisotopic (exact) mass is 285 g/mol. The van der Waals surface area contributed by atoms with E-state index in [1.165, 1.54) is 17.2 Å². The maximum Gasteiger partial charge on any atom is 0.127 e. The first kappa shape index (κ1) is 15.7. The van der Waals surface area contributed by atoms with Crippen LogP contribution in [0.1, 0.15) is 49.4 Å².